The van der Waals surface area contributed by atoms with Gasteiger partial charge in [0.25, 0.3) is 0 Å². The first-order valence-corrected chi connectivity index (χ1v) is 6.36. The fourth-order valence-corrected chi connectivity index (χ4v) is 2.73. The van der Waals surface area contributed by atoms with Crippen LogP contribution in [0.1, 0.15) is 11.3 Å². The number of aryl methyl sites for hydroxylation is 1. The lowest BCUT2D eigenvalue weighted by molar-refractivity contribution is 1.04. The summed E-state index contributed by atoms with van der Waals surface area (Å²) in [7, 11) is 0. The highest BCUT2D eigenvalue weighted by molar-refractivity contribution is 6.01. The average molecular weight is 258 g/mol. The Kier molecular flexibility index (Phi) is 2.07. The minimum absolute atomic E-state index is 0.612. The molecular weight excluding hydrogens is 248 g/mol. The molecule has 2 heterocycles. The summed E-state index contributed by atoms with van der Waals surface area (Å²) < 4.78 is 1.90. The van der Waals surface area contributed by atoms with Gasteiger partial charge in [-0.1, -0.05) is 36.4 Å². The van der Waals surface area contributed by atoms with Crippen LogP contribution < -0.4 is 0 Å². The third-order valence-electron chi connectivity index (χ3n) is 3.67. The van der Waals surface area contributed by atoms with E-state index in [1.807, 2.05) is 53.8 Å². The van der Waals surface area contributed by atoms with E-state index in [1.165, 1.54) is 0 Å². The predicted molar refractivity (Wildman–Crippen MR) is 77.5 cm³/mol. The fourth-order valence-electron chi connectivity index (χ4n) is 2.73. The van der Waals surface area contributed by atoms with Crippen LogP contribution in [0.3, 0.4) is 0 Å². The third kappa shape index (κ3) is 1.24. The molecule has 0 unspecified atom stereocenters. The molecule has 0 aliphatic carbocycles. The zero-order chi connectivity index (χ0) is 13.7. The van der Waals surface area contributed by atoms with Crippen LogP contribution in [0.5, 0.6) is 0 Å². The van der Waals surface area contributed by atoms with Crippen molar-refractivity contribution in [2.45, 2.75) is 6.92 Å². The van der Waals surface area contributed by atoms with E-state index in [0.717, 1.165) is 33.0 Å². The number of rotatable bonds is 0. The Bertz CT molecular complexity index is 1020. The maximum Gasteiger partial charge on any atom is 0.168 e. The third-order valence-corrected chi connectivity index (χ3v) is 3.67. The molecular formula is C16H10N4. The van der Waals surface area contributed by atoms with Gasteiger partial charge in [0.1, 0.15) is 17.3 Å². The van der Waals surface area contributed by atoms with Crippen molar-refractivity contribution in [1.82, 2.24) is 14.6 Å². The van der Waals surface area contributed by atoms with Gasteiger partial charge in [-0.2, -0.15) is 5.26 Å². The quantitative estimate of drug-likeness (QED) is 0.486. The Morgan fingerprint density at radius 3 is 2.60 bits per heavy atom. The van der Waals surface area contributed by atoms with Crippen LogP contribution in [-0.4, -0.2) is 14.6 Å². The molecule has 0 radical (unpaired) electrons. The Labute approximate surface area is 114 Å². The van der Waals surface area contributed by atoms with Gasteiger partial charge in [-0.15, -0.1) is 10.2 Å². The molecule has 2 aromatic carbocycles. The normalized spacial score (nSPS) is 11.2. The molecule has 2 aromatic heterocycles. The highest BCUT2D eigenvalue weighted by Crippen LogP contribution is 2.28. The van der Waals surface area contributed by atoms with Gasteiger partial charge in [0.15, 0.2) is 5.65 Å². The number of aromatic nitrogens is 3. The largest absolute Gasteiger partial charge is 0.281 e. The van der Waals surface area contributed by atoms with E-state index in [9.17, 15) is 5.26 Å². The standard InChI is InChI=1S/C16H10N4/c1-10-5-4-8-13-15(10)18-19-16-12-7-3-2-6-11(12)14(9-17)20(13)16/h2-8H,1H3. The van der Waals surface area contributed by atoms with E-state index < -0.39 is 0 Å². The van der Waals surface area contributed by atoms with Gasteiger partial charge in [0.2, 0.25) is 0 Å². The van der Waals surface area contributed by atoms with Gasteiger partial charge in [-0.25, -0.2) is 0 Å². The average Bonchev–Trinajstić information content (AvgIpc) is 2.82. The van der Waals surface area contributed by atoms with Gasteiger partial charge >= 0.3 is 0 Å². The Hall–Kier alpha value is -2.93. The lowest BCUT2D eigenvalue weighted by Gasteiger charge is -2.04. The smallest absolute Gasteiger partial charge is 0.168 e. The van der Waals surface area contributed by atoms with Crippen LogP contribution in [0.25, 0.3) is 27.5 Å². The maximum absolute atomic E-state index is 9.53. The van der Waals surface area contributed by atoms with E-state index >= 15 is 0 Å². The van der Waals surface area contributed by atoms with Crippen molar-refractivity contribution in [2.75, 3.05) is 0 Å². The van der Waals surface area contributed by atoms with Crippen molar-refractivity contribution in [3.05, 3.63) is 53.7 Å². The molecule has 0 N–H and O–H groups in total. The second kappa shape index (κ2) is 3.78. The number of hydrogen-bond acceptors (Lipinski definition) is 3. The maximum atomic E-state index is 9.53. The van der Waals surface area contributed by atoms with Gasteiger partial charge in [0.05, 0.1) is 5.52 Å². The number of benzene rings is 2. The summed E-state index contributed by atoms with van der Waals surface area (Å²) in [6, 6.07) is 16.1. The first kappa shape index (κ1) is 10.9. The van der Waals surface area contributed by atoms with E-state index in [2.05, 4.69) is 16.3 Å². The molecule has 0 aliphatic heterocycles. The molecule has 0 atom stereocenters. The molecule has 0 amide bonds. The first-order valence-electron chi connectivity index (χ1n) is 6.36. The van der Waals surface area contributed by atoms with Gasteiger partial charge in [-0.05, 0) is 18.6 Å². The summed E-state index contributed by atoms with van der Waals surface area (Å²) in [5.41, 5.74) is 4.15. The van der Waals surface area contributed by atoms with Crippen molar-refractivity contribution < 1.29 is 0 Å². The van der Waals surface area contributed by atoms with Crippen molar-refractivity contribution in [1.29, 1.82) is 5.26 Å². The van der Waals surface area contributed by atoms with Crippen LogP contribution in [0.4, 0.5) is 0 Å². The minimum Gasteiger partial charge on any atom is -0.281 e. The number of nitrogens with zero attached hydrogens (tertiary/aromatic N) is 4. The van der Waals surface area contributed by atoms with Crippen LogP contribution >= 0.6 is 0 Å². The van der Waals surface area contributed by atoms with Crippen LogP contribution in [0.2, 0.25) is 0 Å². The van der Waals surface area contributed by atoms with Crippen LogP contribution in [0.15, 0.2) is 42.5 Å². The lowest BCUT2D eigenvalue weighted by Crippen LogP contribution is -1.97. The molecule has 0 aliphatic rings. The molecule has 4 heteroatoms. The molecule has 0 spiro atoms. The van der Waals surface area contributed by atoms with Gasteiger partial charge < -0.3 is 0 Å². The zero-order valence-electron chi connectivity index (χ0n) is 10.8. The van der Waals surface area contributed by atoms with E-state index in [4.69, 9.17) is 0 Å². The number of fused-ring (bicyclic) bond motifs is 5. The zero-order valence-corrected chi connectivity index (χ0v) is 10.8. The Morgan fingerprint density at radius 1 is 1.00 bits per heavy atom. The molecule has 20 heavy (non-hydrogen) atoms. The molecule has 4 aromatic rings. The summed E-state index contributed by atoms with van der Waals surface area (Å²) >= 11 is 0. The number of hydrogen-bond donors (Lipinski definition) is 0. The van der Waals surface area contributed by atoms with Crippen molar-refractivity contribution >= 4 is 27.5 Å². The van der Waals surface area contributed by atoms with E-state index in [-0.39, 0.29) is 0 Å². The first-order chi connectivity index (χ1) is 9.81. The summed E-state index contributed by atoms with van der Waals surface area (Å²) in [4.78, 5) is 0. The SMILES string of the molecule is Cc1cccc2c1nnc1c3ccccc3c(C#N)n21. The summed E-state index contributed by atoms with van der Waals surface area (Å²) in [5, 5.41) is 20.1. The summed E-state index contributed by atoms with van der Waals surface area (Å²) in [5.74, 6) is 0. The minimum atomic E-state index is 0.612. The second-order valence-electron chi connectivity index (χ2n) is 4.81. The summed E-state index contributed by atoms with van der Waals surface area (Å²) in [6.45, 7) is 2.00. The van der Waals surface area contributed by atoms with Crippen molar-refractivity contribution in [2.24, 2.45) is 0 Å². The summed E-state index contributed by atoms with van der Waals surface area (Å²) in [6.07, 6.45) is 0. The second-order valence-corrected chi connectivity index (χ2v) is 4.81. The highest BCUT2D eigenvalue weighted by atomic mass is 15.2. The lowest BCUT2D eigenvalue weighted by atomic mass is 10.2. The molecule has 94 valence electrons. The number of nitriles is 1. The molecule has 0 saturated carbocycles. The monoisotopic (exact) mass is 258 g/mol. The van der Waals surface area contributed by atoms with Gasteiger partial charge in [-0.3, -0.25) is 4.40 Å². The Morgan fingerprint density at radius 2 is 1.80 bits per heavy atom. The molecule has 4 rings (SSSR count). The highest BCUT2D eigenvalue weighted by Gasteiger charge is 2.15. The van der Waals surface area contributed by atoms with E-state index in [1.54, 1.807) is 0 Å². The fraction of sp³-hybridized carbons (Fsp3) is 0.0625. The Balaban J connectivity index is 2.40. The predicted octanol–water partition coefficient (Wildman–Crippen LogP) is 3.22. The topological polar surface area (TPSA) is 54.0 Å². The molecule has 4 nitrogen and oxygen atoms in total. The van der Waals surface area contributed by atoms with Crippen LogP contribution in [0, 0.1) is 18.3 Å². The van der Waals surface area contributed by atoms with Gasteiger partial charge in [0, 0.05) is 10.8 Å². The van der Waals surface area contributed by atoms with Crippen molar-refractivity contribution in [3.8, 4) is 6.07 Å². The van der Waals surface area contributed by atoms with E-state index in [0.29, 0.717) is 5.69 Å². The van der Waals surface area contributed by atoms with Crippen LogP contribution in [-0.2, 0) is 0 Å². The molecule has 0 fully saturated rings. The van der Waals surface area contributed by atoms with Crippen molar-refractivity contribution in [3.63, 3.8) is 0 Å². The molecule has 0 saturated heterocycles. The molecule has 0 bridgehead atoms.